The number of benzene rings is 3. The van der Waals surface area contributed by atoms with E-state index in [9.17, 15) is 4.79 Å². The Morgan fingerprint density at radius 2 is 1.79 bits per heavy atom. The number of aromatic amines is 1. The summed E-state index contributed by atoms with van der Waals surface area (Å²) in [5.41, 5.74) is 4.54. The van der Waals surface area contributed by atoms with E-state index in [1.807, 2.05) is 86.6 Å². The molecule has 3 aromatic heterocycles. The van der Waals surface area contributed by atoms with Crippen LogP contribution in [0.3, 0.4) is 0 Å². The van der Waals surface area contributed by atoms with Gasteiger partial charge in [0.05, 0.1) is 35.4 Å². The maximum atomic E-state index is 12.9. The third kappa shape index (κ3) is 5.06. The quantitative estimate of drug-likeness (QED) is 0.300. The fourth-order valence-corrected chi connectivity index (χ4v) is 4.48. The predicted molar refractivity (Wildman–Crippen MR) is 149 cm³/mol. The zero-order chi connectivity index (χ0) is 26.8. The van der Waals surface area contributed by atoms with Crippen LogP contribution in [0.4, 0.5) is 0 Å². The second-order valence-corrected chi connectivity index (χ2v) is 9.19. The Kier molecular flexibility index (Phi) is 6.46. The smallest absolute Gasteiger partial charge is 0.259 e. The number of nitrogens with zero attached hydrogens (tertiary/aromatic N) is 5. The molecule has 6 aromatic rings. The van der Waals surface area contributed by atoms with Gasteiger partial charge in [-0.3, -0.25) is 4.79 Å². The molecule has 0 aliphatic heterocycles. The molecule has 0 spiro atoms. The molecule has 3 aromatic carbocycles. The lowest BCUT2D eigenvalue weighted by Gasteiger charge is -2.10. The molecule has 0 saturated carbocycles. The Morgan fingerprint density at radius 3 is 2.64 bits per heavy atom. The number of pyridine rings is 2. The molecule has 39 heavy (non-hydrogen) atoms. The first-order valence-corrected chi connectivity index (χ1v) is 12.7. The maximum Gasteiger partial charge on any atom is 0.259 e. The molecule has 3 heterocycles. The van der Waals surface area contributed by atoms with Crippen LogP contribution in [0.25, 0.3) is 33.2 Å². The van der Waals surface area contributed by atoms with E-state index in [4.69, 9.17) is 9.47 Å². The van der Waals surface area contributed by atoms with Crippen molar-refractivity contribution < 1.29 is 9.47 Å². The van der Waals surface area contributed by atoms with E-state index >= 15 is 0 Å². The highest BCUT2D eigenvalue weighted by atomic mass is 16.5. The first-order chi connectivity index (χ1) is 19.1. The van der Waals surface area contributed by atoms with Gasteiger partial charge in [0.1, 0.15) is 18.1 Å². The van der Waals surface area contributed by atoms with Gasteiger partial charge in [0, 0.05) is 10.8 Å². The number of aryl methyl sites for hydroxylation is 1. The largest absolute Gasteiger partial charge is 0.493 e. The van der Waals surface area contributed by atoms with Crippen molar-refractivity contribution in [2.45, 2.75) is 27.0 Å². The van der Waals surface area contributed by atoms with E-state index in [0.29, 0.717) is 31.1 Å². The van der Waals surface area contributed by atoms with Crippen LogP contribution in [0.15, 0.2) is 83.7 Å². The molecule has 0 bridgehead atoms. The standard InChI is InChI=1S/C30H26N6O3/c1-3-38-27-15-8-19(2)28-24(27)16-25(30(37)32-28)29-33-35-36(34-29)17-20-9-13-23(14-10-20)39-18-22-12-11-21-6-4-5-7-26(21)31-22/h4-16H,3,17-18H2,1-2H3,(H,32,37). The van der Waals surface area contributed by atoms with Crippen LogP contribution in [0, 0.1) is 6.92 Å². The van der Waals surface area contributed by atoms with Gasteiger partial charge in [-0.2, -0.15) is 4.80 Å². The lowest BCUT2D eigenvalue weighted by molar-refractivity contribution is 0.301. The maximum absolute atomic E-state index is 12.9. The number of rotatable bonds is 8. The third-order valence-electron chi connectivity index (χ3n) is 6.47. The Morgan fingerprint density at radius 1 is 0.949 bits per heavy atom. The first-order valence-electron chi connectivity index (χ1n) is 12.7. The number of ether oxygens (including phenoxy) is 2. The molecule has 1 N–H and O–H groups in total. The summed E-state index contributed by atoms with van der Waals surface area (Å²) in [6.07, 6.45) is 0. The molecule has 0 saturated heterocycles. The third-order valence-corrected chi connectivity index (χ3v) is 6.47. The Hall–Kier alpha value is -5.05. The normalized spacial score (nSPS) is 11.2. The zero-order valence-electron chi connectivity index (χ0n) is 21.6. The summed E-state index contributed by atoms with van der Waals surface area (Å²) in [5, 5.41) is 14.7. The number of nitrogens with one attached hydrogen (secondary N) is 1. The second kappa shape index (κ2) is 10.4. The van der Waals surface area contributed by atoms with Gasteiger partial charge >= 0.3 is 0 Å². The highest BCUT2D eigenvalue weighted by Crippen LogP contribution is 2.28. The Balaban J connectivity index is 1.16. The van der Waals surface area contributed by atoms with Crippen molar-refractivity contribution in [2.24, 2.45) is 0 Å². The Labute approximate surface area is 224 Å². The molecule has 0 atom stereocenters. The molecule has 9 nitrogen and oxygen atoms in total. The van der Waals surface area contributed by atoms with Gasteiger partial charge < -0.3 is 14.5 Å². The van der Waals surface area contributed by atoms with Crippen molar-refractivity contribution in [3.05, 3.63) is 106 Å². The number of para-hydroxylation sites is 1. The van der Waals surface area contributed by atoms with E-state index < -0.39 is 0 Å². The lowest BCUT2D eigenvalue weighted by Crippen LogP contribution is -2.11. The van der Waals surface area contributed by atoms with Gasteiger partial charge in [-0.25, -0.2) is 4.98 Å². The van der Waals surface area contributed by atoms with E-state index in [-0.39, 0.29) is 11.4 Å². The number of H-pyrrole nitrogens is 1. The van der Waals surface area contributed by atoms with Crippen LogP contribution in [-0.2, 0) is 13.2 Å². The van der Waals surface area contributed by atoms with Crippen LogP contribution in [0.2, 0.25) is 0 Å². The average Bonchev–Trinajstić information content (AvgIpc) is 3.42. The first kappa shape index (κ1) is 24.3. The lowest BCUT2D eigenvalue weighted by atomic mass is 10.1. The molecule has 0 unspecified atom stereocenters. The van der Waals surface area contributed by atoms with Crippen molar-refractivity contribution in [2.75, 3.05) is 6.61 Å². The number of fused-ring (bicyclic) bond motifs is 2. The highest BCUT2D eigenvalue weighted by molar-refractivity contribution is 5.90. The van der Waals surface area contributed by atoms with E-state index in [1.54, 1.807) is 6.07 Å². The monoisotopic (exact) mass is 518 g/mol. The minimum atomic E-state index is -0.277. The summed E-state index contributed by atoms with van der Waals surface area (Å²) >= 11 is 0. The molecule has 9 heteroatoms. The minimum absolute atomic E-state index is 0.255. The molecule has 0 amide bonds. The summed E-state index contributed by atoms with van der Waals surface area (Å²) in [7, 11) is 0. The summed E-state index contributed by atoms with van der Waals surface area (Å²) < 4.78 is 11.7. The molecule has 6 rings (SSSR count). The summed E-state index contributed by atoms with van der Waals surface area (Å²) in [4.78, 5) is 21.9. The van der Waals surface area contributed by atoms with Gasteiger partial charge in [-0.1, -0.05) is 42.5 Å². The number of aromatic nitrogens is 6. The summed E-state index contributed by atoms with van der Waals surface area (Å²) in [6, 6.07) is 25.3. The molecule has 0 radical (unpaired) electrons. The van der Waals surface area contributed by atoms with Crippen LogP contribution < -0.4 is 15.0 Å². The SMILES string of the molecule is CCOc1ccc(C)c2[nH]c(=O)c(-c3nnn(Cc4ccc(OCc5ccc6ccccc6n5)cc4)n3)cc12. The van der Waals surface area contributed by atoms with E-state index in [0.717, 1.165) is 44.4 Å². The predicted octanol–water partition coefficient (Wildman–Crippen LogP) is 5.06. The fourth-order valence-electron chi connectivity index (χ4n) is 4.48. The Bertz CT molecular complexity index is 1840. The number of hydrogen-bond acceptors (Lipinski definition) is 7. The molecule has 0 fully saturated rings. The van der Waals surface area contributed by atoms with Crippen LogP contribution in [0.1, 0.15) is 23.7 Å². The van der Waals surface area contributed by atoms with Crippen molar-refractivity contribution in [1.82, 2.24) is 30.2 Å². The topological polar surface area (TPSA) is 108 Å². The van der Waals surface area contributed by atoms with Gasteiger partial charge in [0.2, 0.25) is 5.82 Å². The van der Waals surface area contributed by atoms with Crippen molar-refractivity contribution in [3.8, 4) is 22.9 Å². The van der Waals surface area contributed by atoms with Crippen molar-refractivity contribution in [3.63, 3.8) is 0 Å². The van der Waals surface area contributed by atoms with Crippen LogP contribution >= 0.6 is 0 Å². The molecular formula is C30H26N6O3. The summed E-state index contributed by atoms with van der Waals surface area (Å²) in [6.45, 7) is 5.16. The second-order valence-electron chi connectivity index (χ2n) is 9.19. The molecular weight excluding hydrogens is 492 g/mol. The van der Waals surface area contributed by atoms with Gasteiger partial charge in [-0.05, 0) is 66.6 Å². The van der Waals surface area contributed by atoms with E-state index in [1.165, 1.54) is 4.80 Å². The van der Waals surface area contributed by atoms with Crippen molar-refractivity contribution in [1.29, 1.82) is 0 Å². The van der Waals surface area contributed by atoms with Crippen LogP contribution in [0.5, 0.6) is 11.5 Å². The average molecular weight is 519 g/mol. The molecule has 0 aliphatic rings. The van der Waals surface area contributed by atoms with Gasteiger partial charge in [0.15, 0.2) is 0 Å². The number of tetrazole rings is 1. The zero-order valence-corrected chi connectivity index (χ0v) is 21.6. The minimum Gasteiger partial charge on any atom is -0.493 e. The molecule has 194 valence electrons. The van der Waals surface area contributed by atoms with E-state index in [2.05, 4.69) is 25.4 Å². The van der Waals surface area contributed by atoms with Gasteiger partial charge in [-0.15, -0.1) is 10.2 Å². The summed E-state index contributed by atoms with van der Waals surface area (Å²) in [5.74, 6) is 1.69. The van der Waals surface area contributed by atoms with Crippen LogP contribution in [-0.4, -0.2) is 36.8 Å². The van der Waals surface area contributed by atoms with Gasteiger partial charge in [0.25, 0.3) is 5.56 Å². The van der Waals surface area contributed by atoms with Crippen molar-refractivity contribution >= 4 is 21.8 Å². The fraction of sp³-hybridized carbons (Fsp3) is 0.167. The number of hydrogen-bond donors (Lipinski definition) is 1. The highest BCUT2D eigenvalue weighted by Gasteiger charge is 2.15. The molecule has 0 aliphatic carbocycles.